The average molecular weight is 531 g/mol. The minimum atomic E-state index is -1.52. The third-order valence-electron chi connectivity index (χ3n) is 4.94. The monoisotopic (exact) mass is 530 g/mol. The van der Waals surface area contributed by atoms with E-state index in [0.717, 1.165) is 0 Å². The van der Waals surface area contributed by atoms with E-state index in [1.165, 1.54) is 0 Å². The Balaban J connectivity index is 5.67. The Morgan fingerprint density at radius 1 is 0.811 bits per heavy atom. The zero-order valence-electron chi connectivity index (χ0n) is 20.9. The number of guanidine groups is 1. The van der Waals surface area contributed by atoms with E-state index in [1.54, 1.807) is 13.8 Å². The Hall–Kier alpha value is -3.95. The first-order chi connectivity index (χ1) is 17.1. The summed E-state index contributed by atoms with van der Waals surface area (Å²) in [5.41, 5.74) is 21.3. The lowest BCUT2D eigenvalue weighted by atomic mass is 10.0. The number of aliphatic imine (C=N–C) groups is 1. The first-order valence-corrected chi connectivity index (χ1v) is 11.6. The van der Waals surface area contributed by atoms with E-state index in [9.17, 15) is 33.9 Å². The van der Waals surface area contributed by atoms with Crippen molar-refractivity contribution in [1.29, 1.82) is 0 Å². The maximum atomic E-state index is 13.0. The summed E-state index contributed by atoms with van der Waals surface area (Å²) in [6, 6.07) is -5.20. The summed E-state index contributed by atoms with van der Waals surface area (Å²) in [6.45, 7) is 3.68. The molecule has 210 valence electrons. The molecule has 16 nitrogen and oxygen atoms in total. The number of carbonyl (C=O) groups excluding carboxylic acids is 4. The van der Waals surface area contributed by atoms with Gasteiger partial charge in [0, 0.05) is 13.0 Å². The van der Waals surface area contributed by atoms with E-state index < -0.39 is 72.6 Å². The van der Waals surface area contributed by atoms with E-state index in [1.807, 2.05) is 0 Å². The molecule has 0 aliphatic heterocycles. The number of nitrogens with two attached hydrogens (primary N) is 4. The molecule has 37 heavy (non-hydrogen) atoms. The zero-order valence-corrected chi connectivity index (χ0v) is 20.9. The Morgan fingerprint density at radius 2 is 1.35 bits per heavy atom. The maximum absolute atomic E-state index is 13.0. The minimum absolute atomic E-state index is 0.0108. The van der Waals surface area contributed by atoms with Crippen molar-refractivity contribution in [1.82, 2.24) is 16.0 Å². The van der Waals surface area contributed by atoms with Gasteiger partial charge in [-0.1, -0.05) is 13.8 Å². The van der Waals surface area contributed by atoms with Gasteiger partial charge in [-0.3, -0.25) is 29.0 Å². The Bertz CT molecular complexity index is 859. The highest BCUT2D eigenvalue weighted by molar-refractivity contribution is 5.95. The quantitative estimate of drug-likeness (QED) is 0.0480. The molecular weight excluding hydrogens is 492 g/mol. The van der Waals surface area contributed by atoms with Gasteiger partial charge in [0.2, 0.25) is 23.6 Å². The van der Waals surface area contributed by atoms with Crippen molar-refractivity contribution >= 4 is 41.5 Å². The Labute approximate surface area is 214 Å². The number of carboxylic acid groups (broad SMARTS) is 2. The number of aliphatic carboxylic acids is 2. The van der Waals surface area contributed by atoms with Crippen molar-refractivity contribution in [3.8, 4) is 0 Å². The second-order valence-corrected chi connectivity index (χ2v) is 8.81. The second-order valence-electron chi connectivity index (χ2n) is 8.81. The number of carboxylic acids is 2. The maximum Gasteiger partial charge on any atom is 0.326 e. The van der Waals surface area contributed by atoms with Crippen LogP contribution >= 0.6 is 0 Å². The van der Waals surface area contributed by atoms with Crippen LogP contribution in [-0.2, 0) is 28.8 Å². The molecule has 0 spiro atoms. The first kappa shape index (κ1) is 33.0. The molecule has 13 N–H and O–H groups in total. The van der Waals surface area contributed by atoms with Gasteiger partial charge in [0.1, 0.15) is 18.1 Å². The zero-order chi connectivity index (χ0) is 28.7. The number of rotatable bonds is 18. The number of hydrogen-bond donors (Lipinski definition) is 9. The summed E-state index contributed by atoms with van der Waals surface area (Å²) < 4.78 is 0. The topological polar surface area (TPSA) is 295 Å². The number of carbonyl (C=O) groups is 6. The van der Waals surface area contributed by atoms with Gasteiger partial charge in [-0.2, -0.15) is 0 Å². The van der Waals surface area contributed by atoms with Crippen LogP contribution in [0.2, 0.25) is 0 Å². The van der Waals surface area contributed by atoms with Gasteiger partial charge in [0.25, 0.3) is 0 Å². The molecule has 0 aromatic heterocycles. The lowest BCUT2D eigenvalue weighted by Crippen LogP contribution is -2.57. The van der Waals surface area contributed by atoms with Crippen molar-refractivity contribution in [2.45, 2.75) is 76.5 Å². The predicted molar refractivity (Wildman–Crippen MR) is 131 cm³/mol. The van der Waals surface area contributed by atoms with E-state index in [-0.39, 0.29) is 44.1 Å². The number of primary amides is 1. The van der Waals surface area contributed by atoms with Crippen LogP contribution in [0.4, 0.5) is 0 Å². The van der Waals surface area contributed by atoms with Gasteiger partial charge in [-0.15, -0.1) is 0 Å². The molecule has 0 fully saturated rings. The molecule has 0 radical (unpaired) electrons. The molecular formula is C21H38N8O8. The smallest absolute Gasteiger partial charge is 0.326 e. The standard InChI is InChI=1S/C21H38N8O8/c1-10(2)8-14(29-17(33)11(22)9-15(23)30)19(35)27-12(4-3-7-26-21(24)25)18(34)28-13(20(36)37)5-6-16(31)32/h10-14H,3-9,22H2,1-2H3,(H2,23,30)(H,27,35)(H,28,34)(H,29,33)(H,31,32)(H,36,37)(H4,24,25,26). The fourth-order valence-corrected chi connectivity index (χ4v) is 3.13. The van der Waals surface area contributed by atoms with E-state index in [2.05, 4.69) is 20.9 Å². The summed E-state index contributed by atoms with van der Waals surface area (Å²) >= 11 is 0. The van der Waals surface area contributed by atoms with E-state index in [0.29, 0.717) is 0 Å². The Morgan fingerprint density at radius 3 is 1.84 bits per heavy atom. The normalized spacial score (nSPS) is 13.9. The summed E-state index contributed by atoms with van der Waals surface area (Å²) in [5, 5.41) is 25.3. The van der Waals surface area contributed by atoms with Crippen molar-refractivity contribution in [3.63, 3.8) is 0 Å². The largest absolute Gasteiger partial charge is 0.481 e. The molecule has 4 unspecified atom stereocenters. The molecule has 0 aliphatic rings. The van der Waals surface area contributed by atoms with Crippen molar-refractivity contribution in [3.05, 3.63) is 0 Å². The van der Waals surface area contributed by atoms with Crippen LogP contribution < -0.4 is 38.9 Å². The fourth-order valence-electron chi connectivity index (χ4n) is 3.13. The highest BCUT2D eigenvalue weighted by atomic mass is 16.4. The molecule has 0 aromatic rings. The van der Waals surface area contributed by atoms with Gasteiger partial charge in [0.15, 0.2) is 5.96 Å². The third kappa shape index (κ3) is 14.9. The molecule has 0 aliphatic carbocycles. The highest BCUT2D eigenvalue weighted by Gasteiger charge is 2.31. The summed E-state index contributed by atoms with van der Waals surface area (Å²) in [7, 11) is 0. The van der Waals surface area contributed by atoms with Gasteiger partial charge in [0.05, 0.1) is 12.5 Å². The van der Waals surface area contributed by atoms with Crippen LogP contribution in [0.25, 0.3) is 0 Å². The van der Waals surface area contributed by atoms with Gasteiger partial charge < -0.3 is 49.1 Å². The minimum Gasteiger partial charge on any atom is -0.481 e. The van der Waals surface area contributed by atoms with Gasteiger partial charge >= 0.3 is 11.9 Å². The van der Waals surface area contributed by atoms with Gasteiger partial charge in [-0.25, -0.2) is 4.79 Å². The molecule has 0 heterocycles. The molecule has 4 amide bonds. The van der Waals surface area contributed by atoms with Crippen LogP contribution in [0.5, 0.6) is 0 Å². The molecule has 0 saturated carbocycles. The van der Waals surface area contributed by atoms with Crippen LogP contribution in [0.15, 0.2) is 4.99 Å². The molecule has 0 rings (SSSR count). The van der Waals surface area contributed by atoms with Crippen LogP contribution in [-0.4, -0.2) is 82.5 Å². The van der Waals surface area contributed by atoms with Crippen molar-refractivity contribution < 1.29 is 39.0 Å². The molecule has 4 atom stereocenters. The van der Waals surface area contributed by atoms with E-state index >= 15 is 0 Å². The second kappa shape index (κ2) is 16.7. The average Bonchev–Trinajstić information content (AvgIpc) is 2.76. The summed E-state index contributed by atoms with van der Waals surface area (Å²) in [5.74, 6) is -6.20. The number of nitrogens with one attached hydrogen (secondary N) is 3. The van der Waals surface area contributed by atoms with Gasteiger partial charge in [-0.05, 0) is 31.6 Å². The predicted octanol–water partition coefficient (Wildman–Crippen LogP) is -3.31. The third-order valence-corrected chi connectivity index (χ3v) is 4.94. The molecule has 0 saturated heterocycles. The summed E-state index contributed by atoms with van der Waals surface area (Å²) in [4.78, 5) is 75.4. The fraction of sp³-hybridized carbons (Fsp3) is 0.667. The van der Waals surface area contributed by atoms with E-state index in [4.69, 9.17) is 28.0 Å². The van der Waals surface area contributed by atoms with Crippen molar-refractivity contribution in [2.24, 2.45) is 33.8 Å². The van der Waals surface area contributed by atoms with Crippen LogP contribution in [0.3, 0.4) is 0 Å². The SMILES string of the molecule is CC(C)CC(NC(=O)C(N)CC(N)=O)C(=O)NC(CCCN=C(N)N)C(=O)NC(CCC(=O)O)C(=O)O. The molecule has 0 bridgehead atoms. The number of amides is 4. The van der Waals surface area contributed by atoms with Crippen molar-refractivity contribution in [2.75, 3.05) is 6.54 Å². The first-order valence-electron chi connectivity index (χ1n) is 11.6. The number of hydrogen-bond acceptors (Lipinski definition) is 8. The molecule has 0 aromatic carbocycles. The lowest BCUT2D eigenvalue weighted by molar-refractivity contribution is -0.143. The Kier molecular flexibility index (Phi) is 14.9. The summed E-state index contributed by atoms with van der Waals surface area (Å²) in [6.07, 6.45) is -0.969. The van der Waals surface area contributed by atoms with Crippen LogP contribution in [0, 0.1) is 5.92 Å². The number of nitrogens with zero attached hydrogens (tertiary/aromatic N) is 1. The molecule has 16 heteroatoms. The highest BCUT2D eigenvalue weighted by Crippen LogP contribution is 2.08. The van der Waals surface area contributed by atoms with Crippen LogP contribution in [0.1, 0.15) is 52.4 Å². The lowest BCUT2D eigenvalue weighted by Gasteiger charge is -2.26.